The first-order valence-corrected chi connectivity index (χ1v) is 17.6. The number of ketones is 2. The van der Waals surface area contributed by atoms with Crippen LogP contribution in [0.2, 0.25) is 18.1 Å². The minimum Gasteiger partial charge on any atom is -0.462 e. The summed E-state index contributed by atoms with van der Waals surface area (Å²) in [6, 6.07) is 0. The van der Waals surface area contributed by atoms with Crippen molar-refractivity contribution in [3.8, 4) is 0 Å². The van der Waals surface area contributed by atoms with Gasteiger partial charge in [-0.2, -0.15) is 0 Å². The molecule has 2 fully saturated rings. The summed E-state index contributed by atoms with van der Waals surface area (Å²) in [5.74, 6) is -0.165. The second kappa shape index (κ2) is 13.8. The number of carbonyl (C=O) groups is 3. The lowest BCUT2D eigenvalue weighted by Gasteiger charge is -2.40. The Labute approximate surface area is 227 Å². The van der Waals surface area contributed by atoms with E-state index in [2.05, 4.69) is 40.8 Å². The lowest BCUT2D eigenvalue weighted by molar-refractivity contribution is -0.155. The molecule has 0 aromatic rings. The lowest BCUT2D eigenvalue weighted by atomic mass is 9.90. The maximum absolute atomic E-state index is 13.7. The standard InChI is InChI=1S/C30H54O6Si/c1-10-13-24-18-23(31)16-22(4)28(36-37(8,9)30(5,6)7)26(32)19-25-17-21(3)27(34-25)15-12-11-14-20(2)29(33)35-24/h20-22,24-25,27-28H,10-19H2,1-9H3/t20-,21-,22+,24+,25+,27-,28-/m0/s1. The summed E-state index contributed by atoms with van der Waals surface area (Å²) in [4.78, 5) is 39.6. The number of carbonyl (C=O) groups excluding carboxylic acids is 3. The van der Waals surface area contributed by atoms with Crippen LogP contribution in [0, 0.1) is 17.8 Å². The molecule has 0 aliphatic carbocycles. The number of rotatable bonds is 4. The lowest BCUT2D eigenvalue weighted by Crippen LogP contribution is -2.48. The van der Waals surface area contributed by atoms with Crippen molar-refractivity contribution in [1.29, 1.82) is 0 Å². The molecule has 214 valence electrons. The predicted molar refractivity (Wildman–Crippen MR) is 150 cm³/mol. The Morgan fingerprint density at radius 1 is 0.946 bits per heavy atom. The number of hydrogen-bond acceptors (Lipinski definition) is 6. The van der Waals surface area contributed by atoms with E-state index < -0.39 is 20.5 Å². The van der Waals surface area contributed by atoms with E-state index >= 15 is 0 Å². The van der Waals surface area contributed by atoms with Crippen molar-refractivity contribution in [3.05, 3.63) is 0 Å². The van der Waals surface area contributed by atoms with E-state index in [1.165, 1.54) is 0 Å². The zero-order valence-corrected chi connectivity index (χ0v) is 26.1. The van der Waals surface area contributed by atoms with Crippen LogP contribution < -0.4 is 0 Å². The highest BCUT2D eigenvalue weighted by Crippen LogP contribution is 2.39. The molecule has 7 heteroatoms. The van der Waals surface area contributed by atoms with Crippen LogP contribution >= 0.6 is 0 Å². The molecule has 2 aliphatic rings. The molecule has 2 rings (SSSR count). The van der Waals surface area contributed by atoms with Gasteiger partial charge in [0, 0.05) is 19.3 Å². The first kappa shape index (κ1) is 32.2. The van der Waals surface area contributed by atoms with E-state index in [1.807, 2.05) is 20.8 Å². The topological polar surface area (TPSA) is 78.9 Å². The zero-order chi connectivity index (χ0) is 28.0. The van der Waals surface area contributed by atoms with Gasteiger partial charge in [-0.05, 0) is 55.7 Å². The molecule has 0 aromatic carbocycles. The van der Waals surface area contributed by atoms with Gasteiger partial charge in [0.1, 0.15) is 18.0 Å². The molecule has 0 N–H and O–H groups in total. The van der Waals surface area contributed by atoms with E-state index in [9.17, 15) is 14.4 Å². The molecule has 0 amide bonds. The van der Waals surface area contributed by atoms with Gasteiger partial charge in [-0.3, -0.25) is 14.4 Å². The summed E-state index contributed by atoms with van der Waals surface area (Å²) in [7, 11) is -2.25. The van der Waals surface area contributed by atoms with Crippen molar-refractivity contribution in [2.45, 2.75) is 155 Å². The Kier molecular flexibility index (Phi) is 12.0. The van der Waals surface area contributed by atoms with Crippen molar-refractivity contribution in [1.82, 2.24) is 0 Å². The van der Waals surface area contributed by atoms with Gasteiger partial charge in [0.15, 0.2) is 14.1 Å². The molecular formula is C30H54O6Si. The fourth-order valence-electron chi connectivity index (χ4n) is 5.34. The molecule has 0 unspecified atom stereocenters. The third kappa shape index (κ3) is 9.57. The Hall–Kier alpha value is -1.05. The first-order valence-electron chi connectivity index (χ1n) is 14.7. The van der Waals surface area contributed by atoms with E-state index in [-0.39, 0.29) is 59.5 Å². The van der Waals surface area contributed by atoms with Crippen LogP contribution in [0.25, 0.3) is 0 Å². The van der Waals surface area contributed by atoms with Crippen molar-refractivity contribution in [3.63, 3.8) is 0 Å². The third-order valence-electron chi connectivity index (χ3n) is 8.80. The molecule has 0 saturated carbocycles. The van der Waals surface area contributed by atoms with Gasteiger partial charge < -0.3 is 13.9 Å². The third-order valence-corrected chi connectivity index (χ3v) is 13.3. The quantitative estimate of drug-likeness (QED) is 0.282. The van der Waals surface area contributed by atoms with Crippen LogP contribution in [-0.4, -0.2) is 50.3 Å². The van der Waals surface area contributed by atoms with Crippen molar-refractivity contribution >= 4 is 25.9 Å². The molecule has 37 heavy (non-hydrogen) atoms. The normalized spacial score (nSPS) is 34.1. The van der Waals surface area contributed by atoms with E-state index in [0.29, 0.717) is 18.8 Å². The highest BCUT2D eigenvalue weighted by Gasteiger charge is 2.43. The Bertz CT molecular complexity index is 773. The summed E-state index contributed by atoms with van der Waals surface area (Å²) in [5, 5.41) is -0.0520. The van der Waals surface area contributed by atoms with Crippen LogP contribution in [-0.2, 0) is 28.3 Å². The van der Waals surface area contributed by atoms with Crippen molar-refractivity contribution in [2.75, 3.05) is 0 Å². The van der Waals surface area contributed by atoms with Gasteiger partial charge in [0.05, 0.1) is 18.1 Å². The second-order valence-electron chi connectivity index (χ2n) is 13.4. The summed E-state index contributed by atoms with van der Waals surface area (Å²) < 4.78 is 18.9. The molecule has 0 spiro atoms. The van der Waals surface area contributed by atoms with Gasteiger partial charge in [0.2, 0.25) is 0 Å². The number of fused-ring (bicyclic) bond motifs is 2. The maximum Gasteiger partial charge on any atom is 0.308 e. The number of ether oxygens (including phenoxy) is 2. The van der Waals surface area contributed by atoms with Crippen LogP contribution in [0.15, 0.2) is 0 Å². The minimum absolute atomic E-state index is 0.0231. The summed E-state index contributed by atoms with van der Waals surface area (Å²) in [5.41, 5.74) is 0. The SMILES string of the molecule is CCC[C@@H]1CC(=O)C[C@@H](C)[C@H](O[Si](C)(C)C(C)(C)C)C(=O)C[C@H]2C[C@H](C)[C@H](CCCC[C@H](C)C(=O)O1)O2. The number of Topliss-reactive ketones (excluding diaryl/α,β-unsaturated/α-hetero) is 2. The fourth-order valence-corrected chi connectivity index (χ4v) is 6.70. The van der Waals surface area contributed by atoms with Crippen LogP contribution in [0.1, 0.15) is 113 Å². The van der Waals surface area contributed by atoms with Crippen molar-refractivity contribution in [2.24, 2.45) is 17.8 Å². The van der Waals surface area contributed by atoms with E-state index in [0.717, 1.165) is 38.5 Å². The molecule has 7 atom stereocenters. The Morgan fingerprint density at radius 3 is 2.22 bits per heavy atom. The van der Waals surface area contributed by atoms with Crippen LogP contribution in [0.3, 0.4) is 0 Å². The van der Waals surface area contributed by atoms with E-state index in [4.69, 9.17) is 13.9 Å². The summed E-state index contributed by atoms with van der Waals surface area (Å²) >= 11 is 0. The molecule has 2 bridgehead atoms. The highest BCUT2D eigenvalue weighted by atomic mass is 28.4. The van der Waals surface area contributed by atoms with Gasteiger partial charge in [-0.15, -0.1) is 0 Å². The Balaban J connectivity index is 2.29. The van der Waals surface area contributed by atoms with Crippen molar-refractivity contribution < 1.29 is 28.3 Å². The number of cyclic esters (lactones) is 1. The smallest absolute Gasteiger partial charge is 0.308 e. The molecule has 2 aliphatic heterocycles. The molecule has 0 radical (unpaired) electrons. The summed E-state index contributed by atoms with van der Waals surface area (Å²) in [6.07, 6.45) is 5.81. The minimum atomic E-state index is -2.25. The molecule has 2 heterocycles. The molecule has 2 saturated heterocycles. The Morgan fingerprint density at radius 2 is 1.59 bits per heavy atom. The highest BCUT2D eigenvalue weighted by molar-refractivity contribution is 6.74. The summed E-state index contributed by atoms with van der Waals surface area (Å²) in [6.45, 7) is 18.9. The average Bonchev–Trinajstić information content (AvgIpc) is 3.11. The number of hydrogen-bond donors (Lipinski definition) is 0. The monoisotopic (exact) mass is 538 g/mol. The first-order chi connectivity index (χ1) is 17.1. The largest absolute Gasteiger partial charge is 0.462 e. The predicted octanol–water partition coefficient (Wildman–Crippen LogP) is 7.04. The van der Waals surface area contributed by atoms with Crippen LogP contribution in [0.4, 0.5) is 0 Å². The number of esters is 1. The van der Waals surface area contributed by atoms with Gasteiger partial charge >= 0.3 is 5.97 Å². The molecular weight excluding hydrogens is 484 g/mol. The van der Waals surface area contributed by atoms with E-state index in [1.54, 1.807) is 0 Å². The van der Waals surface area contributed by atoms with Crippen LogP contribution in [0.5, 0.6) is 0 Å². The zero-order valence-electron chi connectivity index (χ0n) is 25.1. The molecule has 0 aromatic heterocycles. The second-order valence-corrected chi connectivity index (χ2v) is 18.2. The maximum atomic E-state index is 13.7. The molecule has 6 nitrogen and oxygen atoms in total. The van der Waals surface area contributed by atoms with Gasteiger partial charge in [-0.1, -0.05) is 67.7 Å². The average molecular weight is 539 g/mol. The van der Waals surface area contributed by atoms with Gasteiger partial charge in [0.25, 0.3) is 0 Å². The van der Waals surface area contributed by atoms with Gasteiger partial charge in [-0.25, -0.2) is 0 Å². The fraction of sp³-hybridized carbons (Fsp3) is 0.900.